The van der Waals surface area contributed by atoms with Crippen LogP contribution in [-0.2, 0) is 19.3 Å². The molecule has 37 heavy (non-hydrogen) atoms. The second-order valence-electron chi connectivity index (χ2n) is 9.01. The Hall–Kier alpha value is -4.02. The number of carbonyl (C=O) groups excluding carboxylic acids is 2. The minimum absolute atomic E-state index is 0.0438. The van der Waals surface area contributed by atoms with Gasteiger partial charge in [-0.3, -0.25) is 14.3 Å². The average molecular weight is 514 g/mol. The van der Waals surface area contributed by atoms with Gasteiger partial charge in [-0.1, -0.05) is 24.3 Å². The molecule has 3 heterocycles. The lowest BCUT2D eigenvalue weighted by atomic mass is 10.1. The molecule has 0 spiro atoms. The lowest BCUT2D eigenvalue weighted by molar-refractivity contribution is -0.137. The number of hydrogen-bond donors (Lipinski definition) is 0. The number of nitrogens with zero attached hydrogens (tertiary/aromatic N) is 5. The summed E-state index contributed by atoms with van der Waals surface area (Å²) in [6, 6.07) is 14.2. The van der Waals surface area contributed by atoms with Crippen LogP contribution >= 0.6 is 0 Å². The molecular weight excluding hydrogens is 487 g/mol. The molecule has 11 heteroatoms. The lowest BCUT2D eigenvalue weighted by Crippen LogP contribution is -2.49. The van der Waals surface area contributed by atoms with Gasteiger partial charge in [0.25, 0.3) is 11.8 Å². The number of piperazine rings is 1. The number of ether oxygens (including phenoxy) is 1. The number of alkyl halides is 3. The summed E-state index contributed by atoms with van der Waals surface area (Å²) < 4.78 is 46.1. The van der Waals surface area contributed by atoms with Crippen LogP contribution in [0.2, 0.25) is 0 Å². The van der Waals surface area contributed by atoms with E-state index in [2.05, 4.69) is 10.00 Å². The maximum atomic E-state index is 13.2. The van der Waals surface area contributed by atoms with Crippen molar-refractivity contribution in [3.05, 3.63) is 77.1 Å². The third kappa shape index (κ3) is 4.98. The molecule has 1 saturated heterocycles. The first-order chi connectivity index (χ1) is 17.7. The molecule has 2 aliphatic heterocycles. The van der Waals surface area contributed by atoms with Crippen LogP contribution in [0, 0.1) is 0 Å². The van der Waals surface area contributed by atoms with E-state index < -0.39 is 11.7 Å². The summed E-state index contributed by atoms with van der Waals surface area (Å²) in [5, 5.41) is 4.36. The summed E-state index contributed by atoms with van der Waals surface area (Å²) in [4.78, 5) is 31.6. The molecule has 0 unspecified atom stereocenters. The molecule has 0 aliphatic carbocycles. The van der Waals surface area contributed by atoms with Crippen LogP contribution in [0.5, 0.6) is 5.75 Å². The van der Waals surface area contributed by atoms with Gasteiger partial charge in [0.2, 0.25) is 0 Å². The van der Waals surface area contributed by atoms with Crippen LogP contribution in [0.1, 0.15) is 32.1 Å². The zero-order chi connectivity index (χ0) is 26.2. The molecule has 0 saturated carbocycles. The second kappa shape index (κ2) is 9.79. The highest BCUT2D eigenvalue weighted by molar-refractivity contribution is 5.98. The Bertz CT molecular complexity index is 1310. The lowest BCUT2D eigenvalue weighted by Gasteiger charge is -2.36. The fourth-order valence-corrected chi connectivity index (χ4v) is 4.76. The number of fused-ring (bicyclic) bond motifs is 1. The third-order valence-electron chi connectivity index (χ3n) is 6.71. The first-order valence-electron chi connectivity index (χ1n) is 11.9. The van der Waals surface area contributed by atoms with E-state index in [0.717, 1.165) is 23.6 Å². The van der Waals surface area contributed by atoms with Crippen molar-refractivity contribution >= 4 is 17.5 Å². The Morgan fingerprint density at radius 2 is 1.73 bits per heavy atom. The Morgan fingerprint density at radius 1 is 0.973 bits per heavy atom. The van der Waals surface area contributed by atoms with Gasteiger partial charge in [-0.2, -0.15) is 18.3 Å². The molecule has 0 atom stereocenters. The molecule has 8 nitrogen and oxygen atoms in total. The number of halogens is 3. The maximum absolute atomic E-state index is 13.2. The van der Waals surface area contributed by atoms with Crippen molar-refractivity contribution in [1.29, 1.82) is 0 Å². The Kier molecular flexibility index (Phi) is 6.53. The molecule has 2 aliphatic rings. The molecule has 5 rings (SSSR count). The number of methoxy groups -OCH3 is 1. The van der Waals surface area contributed by atoms with E-state index in [0.29, 0.717) is 38.3 Å². The number of rotatable bonds is 5. The van der Waals surface area contributed by atoms with Crippen LogP contribution in [-0.4, -0.2) is 71.2 Å². The minimum Gasteiger partial charge on any atom is -0.495 e. The number of amides is 2. The number of carbonyl (C=O) groups is 2. The van der Waals surface area contributed by atoms with Crippen molar-refractivity contribution in [2.45, 2.75) is 19.3 Å². The van der Waals surface area contributed by atoms with Crippen LogP contribution in [0.25, 0.3) is 0 Å². The first-order valence-corrected chi connectivity index (χ1v) is 11.9. The predicted molar refractivity (Wildman–Crippen MR) is 130 cm³/mol. The maximum Gasteiger partial charge on any atom is 0.416 e. The van der Waals surface area contributed by atoms with Gasteiger partial charge >= 0.3 is 6.18 Å². The van der Waals surface area contributed by atoms with E-state index >= 15 is 0 Å². The van der Waals surface area contributed by atoms with Gasteiger partial charge in [-0.15, -0.1) is 0 Å². The molecule has 0 radical (unpaired) electrons. The highest BCUT2D eigenvalue weighted by Crippen LogP contribution is 2.30. The summed E-state index contributed by atoms with van der Waals surface area (Å²) in [6.45, 7) is 2.93. The van der Waals surface area contributed by atoms with Gasteiger partial charge < -0.3 is 19.4 Å². The number of para-hydroxylation sites is 2. The Labute approximate surface area is 211 Å². The fourth-order valence-electron chi connectivity index (χ4n) is 4.76. The highest BCUT2D eigenvalue weighted by atomic mass is 19.4. The van der Waals surface area contributed by atoms with Gasteiger partial charge in [0.1, 0.15) is 11.4 Å². The number of hydrogen-bond acceptors (Lipinski definition) is 5. The monoisotopic (exact) mass is 513 g/mol. The van der Waals surface area contributed by atoms with Crippen LogP contribution in [0.3, 0.4) is 0 Å². The SMILES string of the molecule is COc1ccccc1N1CCN(C(=O)c2cc3n(n2)CCN(Cc2cccc(C(F)(F)F)c2)C3=O)CC1. The molecule has 2 amide bonds. The fraction of sp³-hybridized carbons (Fsp3) is 0.346. The summed E-state index contributed by atoms with van der Waals surface area (Å²) in [6.07, 6.45) is -4.45. The van der Waals surface area contributed by atoms with Crippen LogP contribution in [0.4, 0.5) is 18.9 Å². The van der Waals surface area contributed by atoms with E-state index in [-0.39, 0.29) is 36.3 Å². The van der Waals surface area contributed by atoms with Crippen molar-refractivity contribution in [3.8, 4) is 5.75 Å². The summed E-state index contributed by atoms with van der Waals surface area (Å²) >= 11 is 0. The predicted octanol–water partition coefficient (Wildman–Crippen LogP) is 3.53. The molecule has 3 aromatic rings. The van der Waals surface area contributed by atoms with Gasteiger partial charge in [0.05, 0.1) is 24.9 Å². The largest absolute Gasteiger partial charge is 0.495 e. The smallest absolute Gasteiger partial charge is 0.416 e. The number of anilines is 1. The van der Waals surface area contributed by atoms with E-state index in [9.17, 15) is 22.8 Å². The normalized spacial score (nSPS) is 16.1. The molecule has 2 aromatic carbocycles. The topological polar surface area (TPSA) is 70.9 Å². The van der Waals surface area contributed by atoms with E-state index in [4.69, 9.17) is 4.74 Å². The molecule has 1 aromatic heterocycles. The van der Waals surface area contributed by atoms with Crippen LogP contribution < -0.4 is 9.64 Å². The number of benzene rings is 2. The van der Waals surface area contributed by atoms with Gasteiger partial charge in [-0.05, 0) is 29.8 Å². The van der Waals surface area contributed by atoms with E-state index in [1.165, 1.54) is 21.7 Å². The summed E-state index contributed by atoms with van der Waals surface area (Å²) in [7, 11) is 1.63. The summed E-state index contributed by atoms with van der Waals surface area (Å²) in [5.41, 5.74) is 1.06. The molecule has 1 fully saturated rings. The zero-order valence-corrected chi connectivity index (χ0v) is 20.2. The molecule has 0 bridgehead atoms. The van der Waals surface area contributed by atoms with E-state index in [1.54, 1.807) is 18.1 Å². The quantitative estimate of drug-likeness (QED) is 0.522. The third-order valence-corrected chi connectivity index (χ3v) is 6.71. The molecule has 194 valence electrons. The number of aromatic nitrogens is 2. The van der Waals surface area contributed by atoms with Crippen molar-refractivity contribution in [2.24, 2.45) is 0 Å². The van der Waals surface area contributed by atoms with Crippen molar-refractivity contribution in [3.63, 3.8) is 0 Å². The average Bonchev–Trinajstić information content (AvgIpc) is 3.35. The standard InChI is InChI=1S/C26H26F3N5O3/c1-37-23-8-3-2-7-21(23)31-9-11-32(12-10-31)24(35)20-16-22-25(36)33(13-14-34(22)30-20)17-18-5-4-6-19(15-18)26(27,28)29/h2-8,15-16H,9-14,17H2,1H3. The van der Waals surface area contributed by atoms with Crippen molar-refractivity contribution in [2.75, 3.05) is 44.7 Å². The molecule has 0 N–H and O–H groups in total. The van der Waals surface area contributed by atoms with Crippen LogP contribution in [0.15, 0.2) is 54.6 Å². The van der Waals surface area contributed by atoms with Crippen molar-refractivity contribution < 1.29 is 27.5 Å². The van der Waals surface area contributed by atoms with E-state index in [1.807, 2.05) is 24.3 Å². The first kappa shape index (κ1) is 24.7. The molecular formula is C26H26F3N5O3. The Morgan fingerprint density at radius 3 is 2.46 bits per heavy atom. The van der Waals surface area contributed by atoms with Gasteiger partial charge in [0, 0.05) is 45.3 Å². The minimum atomic E-state index is -4.45. The van der Waals surface area contributed by atoms with Gasteiger partial charge in [-0.25, -0.2) is 0 Å². The highest BCUT2D eigenvalue weighted by Gasteiger charge is 2.33. The zero-order valence-electron chi connectivity index (χ0n) is 20.2. The van der Waals surface area contributed by atoms with Crippen molar-refractivity contribution in [1.82, 2.24) is 19.6 Å². The second-order valence-corrected chi connectivity index (χ2v) is 9.01. The summed E-state index contributed by atoms with van der Waals surface area (Å²) in [5.74, 6) is 0.160. The Balaban J connectivity index is 1.25. The van der Waals surface area contributed by atoms with Gasteiger partial charge in [0.15, 0.2) is 5.69 Å².